The lowest BCUT2D eigenvalue weighted by Gasteiger charge is -2.39. The maximum atomic E-state index is 12.9. The van der Waals surface area contributed by atoms with Gasteiger partial charge in [-0.25, -0.2) is 8.42 Å². The number of nitro benzene ring substituents is 1. The number of methoxy groups -OCH3 is 1. The zero-order valence-corrected chi connectivity index (χ0v) is 18.1. The molecule has 2 aromatic rings. The van der Waals surface area contributed by atoms with Gasteiger partial charge in [0.25, 0.3) is 5.69 Å². The van der Waals surface area contributed by atoms with Crippen LogP contribution >= 0.6 is 0 Å². The molecule has 3 rings (SSSR count). The number of ether oxygens (including phenoxy) is 2. The van der Waals surface area contributed by atoms with Crippen LogP contribution < -0.4 is 9.47 Å². The summed E-state index contributed by atoms with van der Waals surface area (Å²) in [6.45, 7) is 2.66. The van der Waals surface area contributed by atoms with Crippen LogP contribution in [0.1, 0.15) is 6.92 Å². The molecule has 1 heterocycles. The number of aliphatic hydroxyl groups excluding tert-OH is 1. The number of sulfonamides is 1. The standard InChI is InChI=1S/C20H25N3O7S/c1-15(24)20(30-18-5-3-4-16(14-18)23(25)26)21-10-12-22(13-11-21)31(27,28)19-8-6-17(29-2)7-9-19/h3-9,14-15,20,24H,10-13H2,1-2H3. The number of benzene rings is 2. The van der Waals surface area contributed by atoms with Gasteiger partial charge in [0.1, 0.15) is 17.6 Å². The van der Waals surface area contributed by atoms with Gasteiger partial charge in [0.2, 0.25) is 10.0 Å². The molecule has 0 aliphatic carbocycles. The molecule has 0 saturated carbocycles. The molecule has 168 valence electrons. The molecule has 2 atom stereocenters. The van der Waals surface area contributed by atoms with E-state index in [0.29, 0.717) is 18.8 Å². The lowest BCUT2D eigenvalue weighted by molar-refractivity contribution is -0.385. The van der Waals surface area contributed by atoms with E-state index >= 15 is 0 Å². The summed E-state index contributed by atoms with van der Waals surface area (Å²) in [4.78, 5) is 12.5. The number of non-ortho nitro benzene ring substituents is 1. The molecule has 0 radical (unpaired) electrons. The summed E-state index contributed by atoms with van der Waals surface area (Å²) in [6, 6.07) is 11.9. The molecule has 10 nitrogen and oxygen atoms in total. The van der Waals surface area contributed by atoms with E-state index < -0.39 is 27.3 Å². The van der Waals surface area contributed by atoms with Crippen molar-refractivity contribution < 1.29 is 27.9 Å². The lowest BCUT2D eigenvalue weighted by atomic mass is 10.2. The number of nitro groups is 1. The highest BCUT2D eigenvalue weighted by Crippen LogP contribution is 2.24. The fourth-order valence-corrected chi connectivity index (χ4v) is 4.81. The van der Waals surface area contributed by atoms with E-state index in [-0.39, 0.29) is 29.4 Å². The first kappa shape index (κ1) is 22.9. The van der Waals surface area contributed by atoms with Crippen molar-refractivity contribution in [2.24, 2.45) is 0 Å². The molecule has 11 heteroatoms. The molecule has 1 saturated heterocycles. The van der Waals surface area contributed by atoms with Crippen molar-refractivity contribution in [3.05, 3.63) is 58.6 Å². The van der Waals surface area contributed by atoms with Crippen molar-refractivity contribution in [3.8, 4) is 11.5 Å². The van der Waals surface area contributed by atoms with E-state index in [1.165, 1.54) is 41.7 Å². The van der Waals surface area contributed by atoms with Gasteiger partial charge in [-0.3, -0.25) is 15.0 Å². The van der Waals surface area contributed by atoms with Crippen LogP contribution in [0.5, 0.6) is 11.5 Å². The number of hydrogen-bond acceptors (Lipinski definition) is 8. The van der Waals surface area contributed by atoms with Gasteiger partial charge in [0, 0.05) is 32.2 Å². The number of nitrogens with zero attached hydrogens (tertiary/aromatic N) is 3. The third-order valence-corrected chi connectivity index (χ3v) is 6.94. The Hall–Kier alpha value is -2.73. The van der Waals surface area contributed by atoms with Gasteiger partial charge in [-0.05, 0) is 37.3 Å². The van der Waals surface area contributed by atoms with Crippen LogP contribution in [0.2, 0.25) is 0 Å². The van der Waals surface area contributed by atoms with Gasteiger partial charge in [0.05, 0.1) is 23.0 Å². The van der Waals surface area contributed by atoms with Crippen LogP contribution in [0, 0.1) is 10.1 Å². The van der Waals surface area contributed by atoms with Crippen molar-refractivity contribution in [2.45, 2.75) is 24.2 Å². The average Bonchev–Trinajstić information content (AvgIpc) is 2.77. The summed E-state index contributed by atoms with van der Waals surface area (Å²) in [5.41, 5.74) is -0.114. The Morgan fingerprint density at radius 1 is 1.06 bits per heavy atom. The van der Waals surface area contributed by atoms with Gasteiger partial charge in [-0.15, -0.1) is 0 Å². The Labute approximate surface area is 180 Å². The topological polar surface area (TPSA) is 122 Å². The Morgan fingerprint density at radius 3 is 2.26 bits per heavy atom. The van der Waals surface area contributed by atoms with E-state index in [1.807, 2.05) is 4.90 Å². The van der Waals surface area contributed by atoms with Gasteiger partial charge in [0.15, 0.2) is 6.23 Å². The average molecular weight is 452 g/mol. The second kappa shape index (κ2) is 9.60. The molecule has 1 N–H and O–H groups in total. The van der Waals surface area contributed by atoms with E-state index in [1.54, 1.807) is 25.1 Å². The Balaban J connectivity index is 1.68. The fourth-order valence-electron chi connectivity index (χ4n) is 3.38. The molecule has 2 unspecified atom stereocenters. The zero-order chi connectivity index (χ0) is 22.6. The Bertz CT molecular complexity index is 1000. The smallest absolute Gasteiger partial charge is 0.273 e. The highest BCUT2D eigenvalue weighted by molar-refractivity contribution is 7.89. The van der Waals surface area contributed by atoms with Crippen molar-refractivity contribution in [3.63, 3.8) is 0 Å². The molecular formula is C20H25N3O7S. The fraction of sp³-hybridized carbons (Fsp3) is 0.400. The summed E-state index contributed by atoms with van der Waals surface area (Å²) < 4.78 is 38.1. The molecule has 2 aromatic carbocycles. The largest absolute Gasteiger partial charge is 0.497 e. The highest BCUT2D eigenvalue weighted by atomic mass is 32.2. The van der Waals surface area contributed by atoms with Crippen LogP contribution in [0.15, 0.2) is 53.4 Å². The van der Waals surface area contributed by atoms with Crippen molar-refractivity contribution in [1.82, 2.24) is 9.21 Å². The highest BCUT2D eigenvalue weighted by Gasteiger charge is 2.33. The van der Waals surface area contributed by atoms with Crippen LogP contribution in [0.3, 0.4) is 0 Å². The lowest BCUT2D eigenvalue weighted by Crippen LogP contribution is -2.56. The molecular weight excluding hydrogens is 426 g/mol. The summed E-state index contributed by atoms with van der Waals surface area (Å²) in [6.07, 6.45) is -1.67. The number of hydrogen-bond donors (Lipinski definition) is 1. The summed E-state index contributed by atoms with van der Waals surface area (Å²) in [5, 5.41) is 21.2. The Kier molecular flexibility index (Phi) is 7.11. The van der Waals surface area contributed by atoms with Gasteiger partial charge in [-0.2, -0.15) is 4.31 Å². The van der Waals surface area contributed by atoms with Crippen molar-refractivity contribution >= 4 is 15.7 Å². The number of rotatable bonds is 8. The summed E-state index contributed by atoms with van der Waals surface area (Å²) in [7, 11) is -2.15. The molecule has 1 fully saturated rings. The van der Waals surface area contributed by atoms with E-state index in [2.05, 4.69) is 0 Å². The maximum absolute atomic E-state index is 12.9. The van der Waals surface area contributed by atoms with Crippen LogP contribution in [-0.4, -0.2) is 73.3 Å². The molecule has 0 aromatic heterocycles. The first-order valence-corrected chi connectivity index (χ1v) is 11.1. The molecule has 0 bridgehead atoms. The number of piperazine rings is 1. The summed E-state index contributed by atoms with van der Waals surface area (Å²) in [5.74, 6) is 0.829. The van der Waals surface area contributed by atoms with Gasteiger partial charge >= 0.3 is 0 Å². The first-order valence-electron chi connectivity index (χ1n) is 9.70. The minimum atomic E-state index is -3.66. The van der Waals surface area contributed by atoms with E-state index in [4.69, 9.17) is 9.47 Å². The third kappa shape index (κ3) is 5.31. The second-order valence-electron chi connectivity index (χ2n) is 7.12. The summed E-state index contributed by atoms with van der Waals surface area (Å²) >= 11 is 0. The van der Waals surface area contributed by atoms with E-state index in [0.717, 1.165) is 0 Å². The quantitative estimate of drug-likeness (QED) is 0.475. The zero-order valence-electron chi connectivity index (χ0n) is 17.2. The molecule has 31 heavy (non-hydrogen) atoms. The maximum Gasteiger partial charge on any atom is 0.273 e. The Morgan fingerprint density at radius 2 is 1.71 bits per heavy atom. The predicted octanol–water partition coefficient (Wildman–Crippen LogP) is 1.70. The van der Waals surface area contributed by atoms with E-state index in [9.17, 15) is 23.6 Å². The monoisotopic (exact) mass is 451 g/mol. The molecule has 0 spiro atoms. The minimum absolute atomic E-state index is 0.114. The van der Waals surface area contributed by atoms with Gasteiger partial charge < -0.3 is 14.6 Å². The number of aliphatic hydroxyl groups is 1. The second-order valence-corrected chi connectivity index (χ2v) is 9.06. The minimum Gasteiger partial charge on any atom is -0.497 e. The normalized spacial score (nSPS) is 17.6. The van der Waals surface area contributed by atoms with Crippen LogP contribution in [0.4, 0.5) is 5.69 Å². The predicted molar refractivity (Wildman–Crippen MR) is 113 cm³/mol. The molecule has 0 amide bonds. The SMILES string of the molecule is COc1ccc(S(=O)(=O)N2CCN(C(Oc3cccc([N+](=O)[O-])c3)C(C)O)CC2)cc1. The van der Waals surface area contributed by atoms with Crippen molar-refractivity contribution in [2.75, 3.05) is 33.3 Å². The molecule has 1 aliphatic heterocycles. The molecule has 1 aliphatic rings. The van der Waals surface area contributed by atoms with Crippen molar-refractivity contribution in [1.29, 1.82) is 0 Å². The van der Waals surface area contributed by atoms with Crippen LogP contribution in [-0.2, 0) is 10.0 Å². The van der Waals surface area contributed by atoms with Crippen LogP contribution in [0.25, 0.3) is 0 Å². The van der Waals surface area contributed by atoms with Gasteiger partial charge in [-0.1, -0.05) is 6.07 Å². The first-order chi connectivity index (χ1) is 14.7. The third-order valence-electron chi connectivity index (χ3n) is 5.03.